The number of aliphatic hydroxyl groups excluding tert-OH is 1. The Kier molecular flexibility index (Phi) is 5.64. The van der Waals surface area contributed by atoms with Crippen molar-refractivity contribution in [3.63, 3.8) is 0 Å². The Morgan fingerprint density at radius 3 is 2.93 bits per heavy atom. The highest BCUT2D eigenvalue weighted by Gasteiger charge is 2.31. The van der Waals surface area contributed by atoms with Gasteiger partial charge in [0, 0.05) is 50.9 Å². The Balaban J connectivity index is 1.46. The lowest BCUT2D eigenvalue weighted by molar-refractivity contribution is 0.194. The van der Waals surface area contributed by atoms with E-state index in [1.54, 1.807) is 6.33 Å². The van der Waals surface area contributed by atoms with Gasteiger partial charge in [0.05, 0.1) is 17.3 Å². The second-order valence-electron chi connectivity index (χ2n) is 7.87. The summed E-state index contributed by atoms with van der Waals surface area (Å²) in [4.78, 5) is 15.6. The summed E-state index contributed by atoms with van der Waals surface area (Å²) in [6.45, 7) is 6.35. The fourth-order valence-electron chi connectivity index (χ4n) is 4.03. The molecular weight excluding hydrogens is 366 g/mol. The first-order valence-electron chi connectivity index (χ1n) is 10.2. The number of β-amino-alcohol motifs (C(OH)–C–C–N with tert-alkyl or cyclic N) is 1. The van der Waals surface area contributed by atoms with Crippen molar-refractivity contribution >= 4 is 17.2 Å². The fourth-order valence-corrected chi connectivity index (χ4v) is 4.03. The van der Waals surface area contributed by atoms with E-state index in [1.807, 2.05) is 25.2 Å². The SMILES string of the molecule is CNc1cc(N2C[C@H](O)C[C@@H]2CNCc2nc(C(C)C)n3ccccc23)ncn1. The minimum absolute atomic E-state index is 0.169. The van der Waals surface area contributed by atoms with Gasteiger partial charge in [0.25, 0.3) is 0 Å². The molecule has 0 saturated carbocycles. The number of nitrogens with zero attached hydrogens (tertiary/aromatic N) is 5. The van der Waals surface area contributed by atoms with Crippen molar-refractivity contribution in [2.24, 2.45) is 0 Å². The van der Waals surface area contributed by atoms with Crippen molar-refractivity contribution in [3.8, 4) is 0 Å². The minimum atomic E-state index is -0.351. The zero-order valence-corrected chi connectivity index (χ0v) is 17.2. The standard InChI is InChI=1S/C21H29N7O/c1-14(2)21-26-17(18-6-4-5-7-27(18)21)11-23-10-15-8-16(29)12-28(15)20-9-19(22-3)24-13-25-20/h4-7,9,13-16,23,29H,8,10-12H2,1-3H3,(H,22,24,25)/t15-,16-/m1/s1. The van der Waals surface area contributed by atoms with Gasteiger partial charge in [-0.15, -0.1) is 0 Å². The molecule has 3 aromatic rings. The fraction of sp³-hybridized carbons (Fsp3) is 0.476. The zero-order chi connectivity index (χ0) is 20.4. The molecule has 8 nitrogen and oxygen atoms in total. The summed E-state index contributed by atoms with van der Waals surface area (Å²) in [5.41, 5.74) is 2.19. The summed E-state index contributed by atoms with van der Waals surface area (Å²) in [6, 6.07) is 8.29. The van der Waals surface area contributed by atoms with E-state index in [-0.39, 0.29) is 12.1 Å². The van der Waals surface area contributed by atoms with Crippen molar-refractivity contribution in [1.29, 1.82) is 0 Å². The molecular formula is C21H29N7O. The van der Waals surface area contributed by atoms with E-state index >= 15 is 0 Å². The Hall–Kier alpha value is -2.71. The number of hydrogen-bond acceptors (Lipinski definition) is 7. The molecule has 3 aromatic heterocycles. The highest BCUT2D eigenvalue weighted by atomic mass is 16.3. The number of aliphatic hydroxyl groups is 1. The highest BCUT2D eigenvalue weighted by Crippen LogP contribution is 2.25. The van der Waals surface area contributed by atoms with E-state index in [0.717, 1.165) is 35.2 Å². The van der Waals surface area contributed by atoms with E-state index < -0.39 is 0 Å². The lowest BCUT2D eigenvalue weighted by Crippen LogP contribution is -2.38. The highest BCUT2D eigenvalue weighted by molar-refractivity contribution is 5.53. The Morgan fingerprint density at radius 1 is 1.28 bits per heavy atom. The molecule has 0 aromatic carbocycles. The maximum Gasteiger partial charge on any atom is 0.134 e. The maximum atomic E-state index is 10.2. The molecule has 0 aliphatic carbocycles. The van der Waals surface area contributed by atoms with E-state index in [0.29, 0.717) is 25.4 Å². The topological polar surface area (TPSA) is 90.6 Å². The summed E-state index contributed by atoms with van der Waals surface area (Å²) >= 11 is 0. The molecule has 29 heavy (non-hydrogen) atoms. The van der Waals surface area contributed by atoms with Crippen LogP contribution in [0.4, 0.5) is 11.6 Å². The normalized spacial score (nSPS) is 19.4. The molecule has 4 heterocycles. The number of fused-ring (bicyclic) bond motifs is 1. The predicted molar refractivity (Wildman–Crippen MR) is 114 cm³/mol. The minimum Gasteiger partial charge on any atom is -0.391 e. The number of imidazole rings is 1. The van der Waals surface area contributed by atoms with Crippen LogP contribution in [0.25, 0.3) is 5.52 Å². The third-order valence-corrected chi connectivity index (χ3v) is 5.44. The molecule has 0 unspecified atom stereocenters. The van der Waals surface area contributed by atoms with Gasteiger partial charge in [0.1, 0.15) is 23.8 Å². The van der Waals surface area contributed by atoms with Crippen LogP contribution in [0.1, 0.15) is 37.7 Å². The van der Waals surface area contributed by atoms with Gasteiger partial charge < -0.3 is 25.0 Å². The van der Waals surface area contributed by atoms with E-state index in [4.69, 9.17) is 4.98 Å². The van der Waals surface area contributed by atoms with Gasteiger partial charge in [-0.2, -0.15) is 0 Å². The molecule has 1 fully saturated rings. The molecule has 0 spiro atoms. The van der Waals surface area contributed by atoms with Crippen molar-refractivity contribution in [1.82, 2.24) is 24.7 Å². The lowest BCUT2D eigenvalue weighted by Gasteiger charge is -2.25. The van der Waals surface area contributed by atoms with Crippen LogP contribution in [-0.4, -0.2) is 56.7 Å². The summed E-state index contributed by atoms with van der Waals surface area (Å²) < 4.78 is 2.17. The molecule has 0 amide bonds. The Morgan fingerprint density at radius 2 is 2.14 bits per heavy atom. The number of rotatable bonds is 7. The van der Waals surface area contributed by atoms with Crippen LogP contribution in [0, 0.1) is 0 Å². The smallest absolute Gasteiger partial charge is 0.134 e. The van der Waals surface area contributed by atoms with Crippen LogP contribution in [0.15, 0.2) is 36.8 Å². The van der Waals surface area contributed by atoms with E-state index in [1.165, 1.54) is 0 Å². The van der Waals surface area contributed by atoms with Crippen LogP contribution in [0.5, 0.6) is 0 Å². The van der Waals surface area contributed by atoms with E-state index in [2.05, 4.69) is 56.0 Å². The van der Waals surface area contributed by atoms with E-state index in [9.17, 15) is 5.11 Å². The number of anilines is 2. The van der Waals surface area contributed by atoms with Gasteiger partial charge in [0.15, 0.2) is 0 Å². The van der Waals surface area contributed by atoms with Crippen LogP contribution >= 0.6 is 0 Å². The van der Waals surface area contributed by atoms with Crippen molar-refractivity contribution in [2.45, 2.75) is 44.9 Å². The molecule has 154 valence electrons. The monoisotopic (exact) mass is 395 g/mol. The van der Waals surface area contributed by atoms with Gasteiger partial charge in [0.2, 0.25) is 0 Å². The summed E-state index contributed by atoms with van der Waals surface area (Å²) in [6.07, 6.45) is 3.99. The molecule has 4 rings (SSSR count). The number of nitrogens with one attached hydrogen (secondary N) is 2. The van der Waals surface area contributed by atoms with Gasteiger partial charge in [-0.3, -0.25) is 0 Å². The van der Waals surface area contributed by atoms with Gasteiger partial charge >= 0.3 is 0 Å². The molecule has 2 atom stereocenters. The Labute approximate surface area is 171 Å². The van der Waals surface area contributed by atoms with Crippen LogP contribution in [0.3, 0.4) is 0 Å². The first-order chi connectivity index (χ1) is 14.1. The molecule has 1 aliphatic rings. The third kappa shape index (κ3) is 4.04. The summed E-state index contributed by atoms with van der Waals surface area (Å²) in [5, 5.41) is 16.8. The van der Waals surface area contributed by atoms with Crippen LogP contribution < -0.4 is 15.5 Å². The molecule has 3 N–H and O–H groups in total. The Bertz CT molecular complexity index is 971. The molecule has 0 radical (unpaired) electrons. The van der Waals surface area contributed by atoms with Crippen LogP contribution in [0.2, 0.25) is 0 Å². The predicted octanol–water partition coefficient (Wildman–Crippen LogP) is 2.02. The van der Waals surface area contributed by atoms with Crippen molar-refractivity contribution in [3.05, 3.63) is 48.3 Å². The molecule has 1 aliphatic heterocycles. The zero-order valence-electron chi connectivity index (χ0n) is 17.2. The first kappa shape index (κ1) is 19.6. The second-order valence-corrected chi connectivity index (χ2v) is 7.87. The average Bonchev–Trinajstić information content (AvgIpc) is 3.29. The quantitative estimate of drug-likeness (QED) is 0.564. The summed E-state index contributed by atoms with van der Waals surface area (Å²) in [7, 11) is 1.84. The van der Waals surface area contributed by atoms with Gasteiger partial charge in [-0.1, -0.05) is 19.9 Å². The molecule has 1 saturated heterocycles. The van der Waals surface area contributed by atoms with Crippen molar-refractivity contribution in [2.75, 3.05) is 30.4 Å². The maximum absolute atomic E-state index is 10.2. The largest absolute Gasteiger partial charge is 0.391 e. The summed E-state index contributed by atoms with van der Waals surface area (Å²) in [5.74, 6) is 3.05. The average molecular weight is 396 g/mol. The second kappa shape index (κ2) is 8.34. The first-order valence-corrected chi connectivity index (χ1v) is 10.2. The van der Waals surface area contributed by atoms with Gasteiger partial charge in [-0.25, -0.2) is 15.0 Å². The van der Waals surface area contributed by atoms with Crippen LogP contribution in [-0.2, 0) is 6.54 Å². The number of hydrogen-bond donors (Lipinski definition) is 3. The van der Waals surface area contributed by atoms with Crippen molar-refractivity contribution < 1.29 is 5.11 Å². The molecule has 0 bridgehead atoms. The van der Waals surface area contributed by atoms with Gasteiger partial charge in [-0.05, 0) is 18.6 Å². The third-order valence-electron chi connectivity index (χ3n) is 5.44. The lowest BCUT2D eigenvalue weighted by atomic mass is 10.2. The number of aromatic nitrogens is 4. The number of pyridine rings is 1. The molecule has 8 heteroatoms.